The maximum Gasteiger partial charge on any atom is 0.221 e. The number of benzene rings is 2. The van der Waals surface area contributed by atoms with Crippen molar-refractivity contribution < 1.29 is 4.79 Å². The van der Waals surface area contributed by atoms with Crippen molar-refractivity contribution in [3.63, 3.8) is 0 Å². The second-order valence-electron chi connectivity index (χ2n) is 6.47. The maximum atomic E-state index is 11.8. The van der Waals surface area contributed by atoms with Crippen LogP contribution in [0.4, 0.5) is 0 Å². The summed E-state index contributed by atoms with van der Waals surface area (Å²) in [5.74, 6) is -0.0170. The monoisotopic (exact) mass is 305 g/mol. The molecule has 2 nitrogen and oxygen atoms in total. The van der Waals surface area contributed by atoms with Crippen molar-refractivity contribution in [2.75, 3.05) is 0 Å². The Labute approximate surface area is 138 Å². The molecular formula is C21H23NO. The van der Waals surface area contributed by atoms with Crippen molar-refractivity contribution in [2.45, 2.75) is 40.5 Å². The average Bonchev–Trinajstić information content (AvgIpc) is 2.47. The van der Waals surface area contributed by atoms with Gasteiger partial charge in [0, 0.05) is 12.5 Å². The zero-order valence-electron chi connectivity index (χ0n) is 14.3. The number of carbonyl (C=O) groups excluding carboxylic acids is 1. The second-order valence-corrected chi connectivity index (χ2v) is 6.47. The van der Waals surface area contributed by atoms with E-state index in [1.165, 1.54) is 33.4 Å². The fourth-order valence-electron chi connectivity index (χ4n) is 3.75. The summed E-state index contributed by atoms with van der Waals surface area (Å²) in [7, 11) is 0. The summed E-state index contributed by atoms with van der Waals surface area (Å²) in [6.45, 7) is 8.03. The molecule has 1 aliphatic carbocycles. The van der Waals surface area contributed by atoms with E-state index in [9.17, 15) is 4.79 Å². The van der Waals surface area contributed by atoms with Crippen molar-refractivity contribution in [1.82, 2.24) is 5.32 Å². The molecule has 0 heterocycles. The Morgan fingerprint density at radius 2 is 1.65 bits per heavy atom. The smallest absolute Gasteiger partial charge is 0.221 e. The predicted octanol–water partition coefficient (Wildman–Crippen LogP) is 4.56. The van der Waals surface area contributed by atoms with Gasteiger partial charge in [0.2, 0.25) is 5.91 Å². The molecule has 2 aromatic rings. The van der Waals surface area contributed by atoms with Crippen LogP contribution in [0.1, 0.15) is 46.7 Å². The van der Waals surface area contributed by atoms with Crippen LogP contribution in [0.2, 0.25) is 0 Å². The van der Waals surface area contributed by atoms with Crippen LogP contribution in [0.25, 0.3) is 11.3 Å². The largest absolute Gasteiger partial charge is 0.326 e. The molecule has 2 heteroatoms. The van der Waals surface area contributed by atoms with Crippen LogP contribution in [-0.4, -0.2) is 5.91 Å². The summed E-state index contributed by atoms with van der Waals surface area (Å²) < 4.78 is 0. The Hall–Kier alpha value is -2.35. The molecule has 0 unspecified atom stereocenters. The third-order valence-electron chi connectivity index (χ3n) is 4.51. The zero-order chi connectivity index (χ0) is 16.6. The highest BCUT2D eigenvalue weighted by atomic mass is 16.1. The van der Waals surface area contributed by atoms with Gasteiger partial charge < -0.3 is 5.32 Å². The number of allylic oxidation sites excluding steroid dienone is 1. The van der Waals surface area contributed by atoms with Crippen LogP contribution in [-0.2, 0) is 11.2 Å². The molecule has 1 amide bonds. The van der Waals surface area contributed by atoms with Gasteiger partial charge in [0.25, 0.3) is 0 Å². The number of hydrogen-bond donors (Lipinski definition) is 1. The van der Waals surface area contributed by atoms with E-state index in [4.69, 9.17) is 0 Å². The second kappa shape index (κ2) is 6.04. The third-order valence-corrected chi connectivity index (χ3v) is 4.51. The Balaban J connectivity index is 2.26. The molecule has 0 aromatic heterocycles. The van der Waals surface area contributed by atoms with Gasteiger partial charge in [-0.1, -0.05) is 42.0 Å². The van der Waals surface area contributed by atoms with Crippen LogP contribution < -0.4 is 5.32 Å². The number of rotatable bonds is 2. The molecule has 0 spiro atoms. The molecule has 0 fully saturated rings. The van der Waals surface area contributed by atoms with Crippen LogP contribution in [0, 0.1) is 20.8 Å². The SMILES string of the molecule is CC(=O)NC1=C(c2c(C)cc(C)cc2C)CCc2ccccc21. The molecule has 0 saturated heterocycles. The van der Waals surface area contributed by atoms with E-state index >= 15 is 0 Å². The molecule has 1 aliphatic rings. The molecule has 0 atom stereocenters. The van der Waals surface area contributed by atoms with E-state index < -0.39 is 0 Å². The zero-order valence-corrected chi connectivity index (χ0v) is 14.3. The van der Waals surface area contributed by atoms with Gasteiger partial charge in [-0.15, -0.1) is 0 Å². The van der Waals surface area contributed by atoms with E-state index in [1.807, 2.05) is 6.07 Å². The van der Waals surface area contributed by atoms with Crippen molar-refractivity contribution >= 4 is 17.2 Å². The van der Waals surface area contributed by atoms with E-state index in [2.05, 4.69) is 56.4 Å². The average molecular weight is 305 g/mol. The first-order valence-corrected chi connectivity index (χ1v) is 8.14. The van der Waals surface area contributed by atoms with Crippen LogP contribution in [0.5, 0.6) is 0 Å². The highest BCUT2D eigenvalue weighted by molar-refractivity contribution is 5.99. The molecule has 0 aliphatic heterocycles. The first kappa shape index (κ1) is 15.5. The highest BCUT2D eigenvalue weighted by Crippen LogP contribution is 2.38. The van der Waals surface area contributed by atoms with E-state index in [0.29, 0.717) is 0 Å². The summed E-state index contributed by atoms with van der Waals surface area (Å²) in [6.07, 6.45) is 1.97. The fraction of sp³-hybridized carbons (Fsp3) is 0.286. The number of hydrogen-bond acceptors (Lipinski definition) is 1. The van der Waals surface area contributed by atoms with Crippen molar-refractivity contribution in [3.05, 3.63) is 69.8 Å². The van der Waals surface area contributed by atoms with Gasteiger partial charge in [-0.05, 0) is 61.4 Å². The standard InChI is InChI=1S/C21H23NO/c1-13-11-14(2)20(15(3)12-13)19-10-9-17-7-5-6-8-18(17)21(19)22-16(4)23/h5-8,11-12H,9-10H2,1-4H3,(H,22,23). The highest BCUT2D eigenvalue weighted by Gasteiger charge is 2.22. The van der Waals surface area contributed by atoms with Gasteiger partial charge in [-0.3, -0.25) is 4.79 Å². The quantitative estimate of drug-likeness (QED) is 0.865. The van der Waals surface area contributed by atoms with E-state index in [1.54, 1.807) is 6.92 Å². The van der Waals surface area contributed by atoms with Crippen LogP contribution >= 0.6 is 0 Å². The van der Waals surface area contributed by atoms with E-state index in [0.717, 1.165) is 24.1 Å². The molecule has 0 saturated carbocycles. The lowest BCUT2D eigenvalue weighted by Crippen LogP contribution is -2.23. The van der Waals surface area contributed by atoms with Crippen LogP contribution in [0.3, 0.4) is 0 Å². The minimum Gasteiger partial charge on any atom is -0.326 e. The van der Waals surface area contributed by atoms with Gasteiger partial charge in [-0.25, -0.2) is 0 Å². The number of carbonyl (C=O) groups is 1. The number of amides is 1. The van der Waals surface area contributed by atoms with Gasteiger partial charge in [0.1, 0.15) is 0 Å². The number of fused-ring (bicyclic) bond motifs is 1. The normalized spacial score (nSPS) is 13.7. The lowest BCUT2D eigenvalue weighted by Gasteiger charge is -2.26. The summed E-state index contributed by atoms with van der Waals surface area (Å²) in [6, 6.07) is 12.8. The summed E-state index contributed by atoms with van der Waals surface area (Å²) in [4.78, 5) is 11.8. The lowest BCUT2D eigenvalue weighted by molar-refractivity contribution is -0.117. The van der Waals surface area contributed by atoms with Crippen molar-refractivity contribution in [2.24, 2.45) is 0 Å². The first-order valence-electron chi connectivity index (χ1n) is 8.14. The van der Waals surface area contributed by atoms with Gasteiger partial charge >= 0.3 is 0 Å². The molecule has 23 heavy (non-hydrogen) atoms. The molecule has 3 rings (SSSR count). The maximum absolute atomic E-state index is 11.8. The number of nitrogens with one attached hydrogen (secondary N) is 1. The minimum absolute atomic E-state index is 0.0170. The summed E-state index contributed by atoms with van der Waals surface area (Å²) in [5, 5.41) is 3.10. The minimum atomic E-state index is -0.0170. The van der Waals surface area contributed by atoms with Crippen molar-refractivity contribution in [1.29, 1.82) is 0 Å². The molecule has 0 bridgehead atoms. The molecule has 2 aromatic carbocycles. The van der Waals surface area contributed by atoms with Crippen LogP contribution in [0.15, 0.2) is 36.4 Å². The fourth-order valence-corrected chi connectivity index (χ4v) is 3.75. The molecule has 1 N–H and O–H groups in total. The Morgan fingerprint density at radius 3 is 2.30 bits per heavy atom. The predicted molar refractivity (Wildman–Crippen MR) is 96.0 cm³/mol. The summed E-state index contributed by atoms with van der Waals surface area (Å²) in [5.41, 5.74) is 9.82. The Bertz CT molecular complexity index is 791. The van der Waals surface area contributed by atoms with Gasteiger partial charge in [0.15, 0.2) is 0 Å². The third kappa shape index (κ3) is 2.94. The first-order chi connectivity index (χ1) is 11.0. The molecular weight excluding hydrogens is 282 g/mol. The molecule has 118 valence electrons. The Morgan fingerprint density at radius 1 is 1.00 bits per heavy atom. The molecule has 0 radical (unpaired) electrons. The van der Waals surface area contributed by atoms with E-state index in [-0.39, 0.29) is 5.91 Å². The lowest BCUT2D eigenvalue weighted by atomic mass is 9.82. The summed E-state index contributed by atoms with van der Waals surface area (Å²) >= 11 is 0. The topological polar surface area (TPSA) is 29.1 Å². The van der Waals surface area contributed by atoms with Crippen molar-refractivity contribution in [3.8, 4) is 0 Å². The van der Waals surface area contributed by atoms with Gasteiger partial charge in [-0.2, -0.15) is 0 Å². The Kier molecular flexibility index (Phi) is 4.08. The number of aryl methyl sites for hydroxylation is 4. The van der Waals surface area contributed by atoms with Gasteiger partial charge in [0.05, 0.1) is 5.70 Å².